The zero-order valence-corrected chi connectivity index (χ0v) is 20.0. The number of nitrogens with one attached hydrogen (secondary N) is 1. The van der Waals surface area contributed by atoms with Gasteiger partial charge in [0.25, 0.3) is 0 Å². The summed E-state index contributed by atoms with van der Waals surface area (Å²) in [6.45, 7) is 6.45. The van der Waals surface area contributed by atoms with E-state index < -0.39 is 0 Å². The van der Waals surface area contributed by atoms with Crippen LogP contribution in [0.5, 0.6) is 17.2 Å². The van der Waals surface area contributed by atoms with Crippen molar-refractivity contribution in [1.82, 2.24) is 0 Å². The van der Waals surface area contributed by atoms with Gasteiger partial charge in [-0.05, 0) is 68.3 Å². The molecule has 32 heavy (non-hydrogen) atoms. The summed E-state index contributed by atoms with van der Waals surface area (Å²) in [7, 11) is 1.56. The van der Waals surface area contributed by atoms with E-state index in [9.17, 15) is 5.11 Å². The summed E-state index contributed by atoms with van der Waals surface area (Å²) in [5.41, 5.74) is 6.91. The van der Waals surface area contributed by atoms with Gasteiger partial charge in [-0.25, -0.2) is 0 Å². The summed E-state index contributed by atoms with van der Waals surface area (Å²) < 4.78 is 13.1. The van der Waals surface area contributed by atoms with Crippen LogP contribution in [0.3, 0.4) is 0 Å². The maximum absolute atomic E-state index is 10.5. The lowest BCUT2D eigenvalue weighted by atomic mass is 9.83. The van der Waals surface area contributed by atoms with Gasteiger partial charge in [0.1, 0.15) is 11.5 Å². The van der Waals surface area contributed by atoms with E-state index in [0.29, 0.717) is 11.5 Å². The second-order valence-electron chi connectivity index (χ2n) is 8.74. The van der Waals surface area contributed by atoms with Crippen molar-refractivity contribution >= 4 is 39.0 Å². The predicted molar refractivity (Wildman–Crippen MR) is 134 cm³/mol. The highest BCUT2D eigenvalue weighted by atomic mass is 79.9. The van der Waals surface area contributed by atoms with Crippen molar-refractivity contribution in [2.75, 3.05) is 12.4 Å². The number of rotatable bonds is 2. The topological polar surface area (TPSA) is 50.7 Å². The summed E-state index contributed by atoms with van der Waals surface area (Å²) >= 11 is 3.56. The molecular weight excluding hydrogens is 466 g/mol. The number of ether oxygens (including phenoxy) is 2. The minimum absolute atomic E-state index is 0.0875. The molecule has 0 unspecified atom stereocenters. The second-order valence-corrected chi connectivity index (χ2v) is 9.66. The van der Waals surface area contributed by atoms with Gasteiger partial charge >= 0.3 is 0 Å². The maximum atomic E-state index is 10.5. The third-order valence-corrected chi connectivity index (χ3v) is 6.31. The molecule has 2 aliphatic rings. The fraction of sp³-hybridized carbons (Fsp3) is 0.185. The Balaban J connectivity index is 1.84. The average molecular weight is 490 g/mol. The molecule has 0 fully saturated rings. The van der Waals surface area contributed by atoms with Gasteiger partial charge < -0.3 is 19.9 Å². The molecule has 0 amide bonds. The summed E-state index contributed by atoms with van der Waals surface area (Å²) in [6.07, 6.45) is 4.29. The second kappa shape index (κ2) is 7.45. The SMILES string of the molecule is COc1c(O)ccc2c1-c1ccc3c(c1/C(=C/c1cccc(Br)c1)O2)C(C)=CC(C)(C)N3. The van der Waals surface area contributed by atoms with Crippen LogP contribution in [0.1, 0.15) is 37.5 Å². The molecule has 2 N–H and O–H groups in total. The zero-order chi connectivity index (χ0) is 22.6. The van der Waals surface area contributed by atoms with Crippen LogP contribution in [-0.2, 0) is 0 Å². The highest BCUT2D eigenvalue weighted by molar-refractivity contribution is 9.10. The Morgan fingerprint density at radius 2 is 1.88 bits per heavy atom. The van der Waals surface area contributed by atoms with Crippen LogP contribution >= 0.6 is 15.9 Å². The number of hydrogen-bond acceptors (Lipinski definition) is 4. The van der Waals surface area contributed by atoms with Gasteiger partial charge in [-0.3, -0.25) is 0 Å². The Kier molecular flexibility index (Phi) is 4.82. The first-order chi connectivity index (χ1) is 15.3. The number of halogens is 1. The van der Waals surface area contributed by atoms with E-state index in [0.717, 1.165) is 43.7 Å². The van der Waals surface area contributed by atoms with Crippen LogP contribution in [0.25, 0.3) is 28.5 Å². The van der Waals surface area contributed by atoms with E-state index in [2.05, 4.69) is 72.4 Å². The Labute approximate surface area is 196 Å². The molecule has 3 aromatic carbocycles. The molecule has 2 aliphatic heterocycles. The number of phenolic OH excluding ortho intramolecular Hbond substituents is 1. The van der Waals surface area contributed by atoms with Crippen LogP contribution in [-0.4, -0.2) is 17.8 Å². The molecule has 0 aromatic heterocycles. The summed E-state index contributed by atoms with van der Waals surface area (Å²) in [4.78, 5) is 0. The first-order valence-corrected chi connectivity index (χ1v) is 11.3. The van der Waals surface area contributed by atoms with E-state index in [1.165, 1.54) is 5.57 Å². The molecule has 4 nitrogen and oxygen atoms in total. The normalized spacial score (nSPS) is 16.8. The summed E-state index contributed by atoms with van der Waals surface area (Å²) in [6, 6.07) is 15.7. The molecular formula is C27H24BrNO3. The van der Waals surface area contributed by atoms with E-state index in [4.69, 9.17) is 9.47 Å². The van der Waals surface area contributed by atoms with Crippen LogP contribution in [0.15, 0.2) is 59.1 Å². The van der Waals surface area contributed by atoms with Crippen LogP contribution < -0.4 is 14.8 Å². The number of aromatic hydroxyl groups is 1. The van der Waals surface area contributed by atoms with E-state index >= 15 is 0 Å². The minimum atomic E-state index is -0.150. The average Bonchev–Trinajstić information content (AvgIpc) is 2.72. The van der Waals surface area contributed by atoms with Gasteiger partial charge in [-0.15, -0.1) is 0 Å². The molecule has 2 heterocycles. The van der Waals surface area contributed by atoms with Gasteiger partial charge in [-0.2, -0.15) is 0 Å². The lowest BCUT2D eigenvalue weighted by Gasteiger charge is -2.35. The molecule has 0 spiro atoms. The Morgan fingerprint density at radius 1 is 1.06 bits per heavy atom. The van der Waals surface area contributed by atoms with Crippen LogP contribution in [0.4, 0.5) is 5.69 Å². The molecule has 0 atom stereocenters. The largest absolute Gasteiger partial charge is 0.504 e. The third kappa shape index (κ3) is 3.37. The first kappa shape index (κ1) is 20.7. The number of benzene rings is 3. The molecule has 0 saturated carbocycles. The molecule has 0 aliphatic carbocycles. The molecule has 0 radical (unpaired) electrons. The van der Waals surface area contributed by atoms with E-state index in [1.807, 2.05) is 18.2 Å². The minimum Gasteiger partial charge on any atom is -0.504 e. The van der Waals surface area contributed by atoms with Gasteiger partial charge in [0.2, 0.25) is 0 Å². The van der Waals surface area contributed by atoms with Crippen molar-refractivity contribution < 1.29 is 14.6 Å². The maximum Gasteiger partial charge on any atom is 0.172 e. The van der Waals surface area contributed by atoms with Crippen LogP contribution in [0.2, 0.25) is 0 Å². The smallest absolute Gasteiger partial charge is 0.172 e. The summed E-state index contributed by atoms with van der Waals surface area (Å²) in [5.74, 6) is 1.91. The fourth-order valence-corrected chi connectivity index (χ4v) is 5.11. The van der Waals surface area contributed by atoms with Crippen molar-refractivity contribution in [2.45, 2.75) is 26.3 Å². The Hall–Kier alpha value is -3.18. The molecule has 3 aromatic rings. The van der Waals surface area contributed by atoms with Gasteiger partial charge in [0, 0.05) is 26.9 Å². The molecule has 5 heteroatoms. The van der Waals surface area contributed by atoms with E-state index in [-0.39, 0.29) is 11.3 Å². The van der Waals surface area contributed by atoms with Gasteiger partial charge in [0.15, 0.2) is 11.5 Å². The number of hydrogen-bond donors (Lipinski definition) is 2. The predicted octanol–water partition coefficient (Wildman–Crippen LogP) is 7.33. The lowest BCUT2D eigenvalue weighted by molar-refractivity contribution is 0.371. The third-order valence-electron chi connectivity index (χ3n) is 5.82. The molecule has 162 valence electrons. The lowest BCUT2D eigenvalue weighted by Crippen LogP contribution is -2.32. The van der Waals surface area contributed by atoms with E-state index in [1.54, 1.807) is 19.2 Å². The molecule has 5 rings (SSSR count). The number of anilines is 1. The first-order valence-electron chi connectivity index (χ1n) is 10.5. The number of fused-ring (bicyclic) bond motifs is 5. The molecule has 0 bridgehead atoms. The monoisotopic (exact) mass is 489 g/mol. The van der Waals surface area contributed by atoms with Crippen molar-refractivity contribution in [3.05, 3.63) is 75.8 Å². The quantitative estimate of drug-likeness (QED) is 0.395. The fourth-order valence-electron chi connectivity index (χ4n) is 4.70. The highest BCUT2D eigenvalue weighted by Crippen LogP contribution is 2.54. The van der Waals surface area contributed by atoms with Crippen molar-refractivity contribution in [1.29, 1.82) is 0 Å². The van der Waals surface area contributed by atoms with Crippen molar-refractivity contribution in [3.8, 4) is 28.4 Å². The summed E-state index contributed by atoms with van der Waals surface area (Å²) in [5, 5.41) is 14.1. The van der Waals surface area contributed by atoms with Gasteiger partial charge in [0.05, 0.1) is 18.2 Å². The molecule has 0 saturated heterocycles. The Morgan fingerprint density at radius 3 is 2.62 bits per heavy atom. The van der Waals surface area contributed by atoms with Crippen molar-refractivity contribution in [2.24, 2.45) is 0 Å². The van der Waals surface area contributed by atoms with Crippen molar-refractivity contribution in [3.63, 3.8) is 0 Å². The van der Waals surface area contributed by atoms with Gasteiger partial charge in [-0.1, -0.05) is 40.2 Å². The number of phenols is 1. The highest BCUT2D eigenvalue weighted by Gasteiger charge is 2.33. The zero-order valence-electron chi connectivity index (χ0n) is 18.4. The Bertz CT molecular complexity index is 1320. The number of allylic oxidation sites excluding steroid dienone is 1. The van der Waals surface area contributed by atoms with Crippen LogP contribution in [0, 0.1) is 0 Å². The number of methoxy groups -OCH3 is 1. The standard InChI is InChI=1S/C27H24BrNO3/c1-15-14-27(2,3)29-19-9-8-18-24(23(15)19)22(13-16-6-5-7-17(28)12-16)32-21-11-10-20(30)26(31-4)25(18)21/h5-14,29-30H,1-4H3/b22-13-.